The number of fused-ring (bicyclic) bond motifs is 1. The van der Waals surface area contributed by atoms with Crippen LogP contribution in [0.15, 0.2) is 72.8 Å². The van der Waals surface area contributed by atoms with Gasteiger partial charge in [0.15, 0.2) is 0 Å². The monoisotopic (exact) mass is 641 g/mol. The maximum absolute atomic E-state index is 14.8. The number of carbonyl (C=O) groups is 2. The van der Waals surface area contributed by atoms with Crippen LogP contribution in [0.25, 0.3) is 0 Å². The Balaban J connectivity index is 1.27. The normalized spacial score (nSPS) is 18.4. The Labute approximate surface area is 262 Å². The zero-order valence-electron chi connectivity index (χ0n) is 24.5. The number of hydrogen-bond acceptors (Lipinski definition) is 6. The Hall–Kier alpha value is -3.35. The SMILES string of the molecule is CS(=O)(=O)NCC(c1ccccc1F)N1CCN(C(=O)[C@@H](Cc2ccc(Cl)cc2)NC(=O)CC2NCc3ccccc32)CC1. The Bertz CT molecular complexity index is 1580. The molecule has 2 unspecified atom stereocenters. The molecular formula is C32H37ClFN5O4S. The zero-order chi connectivity index (χ0) is 31.3. The highest BCUT2D eigenvalue weighted by Gasteiger charge is 2.33. The molecule has 0 radical (unpaired) electrons. The standard InChI is InChI=1S/C32H37ClFN5O4S/c1-44(42,43)36-21-30(26-8-4-5-9-27(26)34)38-14-16-39(17-15-38)32(41)29(18-22-10-12-24(33)13-11-22)37-31(40)19-28-25-7-3-2-6-23(25)20-35-28/h2-13,28-30,35-36H,14-21H2,1H3,(H,37,40)/t28?,29-,30?/m1/s1. The van der Waals surface area contributed by atoms with Gasteiger partial charge < -0.3 is 15.5 Å². The molecule has 12 heteroatoms. The van der Waals surface area contributed by atoms with Gasteiger partial charge in [-0.05, 0) is 34.9 Å². The molecule has 3 aromatic rings. The highest BCUT2D eigenvalue weighted by Crippen LogP contribution is 2.28. The van der Waals surface area contributed by atoms with Crippen molar-refractivity contribution in [2.75, 3.05) is 39.0 Å². The van der Waals surface area contributed by atoms with Crippen molar-refractivity contribution in [1.82, 2.24) is 25.2 Å². The smallest absolute Gasteiger partial charge is 0.245 e. The zero-order valence-corrected chi connectivity index (χ0v) is 26.1. The predicted octanol–water partition coefficient (Wildman–Crippen LogP) is 3.18. The minimum absolute atomic E-state index is 0.00128. The van der Waals surface area contributed by atoms with E-state index in [0.717, 1.165) is 22.9 Å². The molecule has 0 bridgehead atoms. The molecular weight excluding hydrogens is 605 g/mol. The van der Waals surface area contributed by atoms with Gasteiger partial charge in [-0.3, -0.25) is 14.5 Å². The topological polar surface area (TPSA) is 111 Å². The maximum atomic E-state index is 14.8. The number of piperazine rings is 1. The second kappa shape index (κ2) is 14.2. The number of carbonyl (C=O) groups excluding carboxylic acids is 2. The fourth-order valence-corrected chi connectivity index (χ4v) is 6.53. The van der Waals surface area contributed by atoms with E-state index in [1.54, 1.807) is 35.2 Å². The van der Waals surface area contributed by atoms with Crippen molar-refractivity contribution in [2.24, 2.45) is 0 Å². The molecule has 5 rings (SSSR count). The molecule has 2 heterocycles. The Morgan fingerprint density at radius 2 is 1.68 bits per heavy atom. The first-order chi connectivity index (χ1) is 21.1. The largest absolute Gasteiger partial charge is 0.344 e. The highest BCUT2D eigenvalue weighted by atomic mass is 35.5. The van der Waals surface area contributed by atoms with E-state index < -0.39 is 27.9 Å². The third kappa shape index (κ3) is 8.22. The average Bonchev–Trinajstić information content (AvgIpc) is 3.41. The van der Waals surface area contributed by atoms with Gasteiger partial charge in [-0.15, -0.1) is 0 Å². The van der Waals surface area contributed by atoms with E-state index >= 15 is 0 Å². The van der Waals surface area contributed by atoms with Crippen LogP contribution in [0, 0.1) is 5.82 Å². The first kappa shape index (κ1) is 32.1. The van der Waals surface area contributed by atoms with Gasteiger partial charge >= 0.3 is 0 Å². The third-order valence-corrected chi connectivity index (χ3v) is 9.16. The van der Waals surface area contributed by atoms with E-state index in [0.29, 0.717) is 49.7 Å². The molecule has 2 aliphatic rings. The molecule has 2 aliphatic heterocycles. The third-order valence-electron chi connectivity index (χ3n) is 8.22. The highest BCUT2D eigenvalue weighted by molar-refractivity contribution is 7.88. The van der Waals surface area contributed by atoms with E-state index in [1.807, 2.05) is 41.3 Å². The molecule has 2 amide bonds. The van der Waals surface area contributed by atoms with Gasteiger partial charge in [0.1, 0.15) is 11.9 Å². The van der Waals surface area contributed by atoms with E-state index in [4.69, 9.17) is 11.6 Å². The molecule has 3 N–H and O–H groups in total. The van der Waals surface area contributed by atoms with E-state index in [2.05, 4.69) is 15.4 Å². The number of nitrogens with zero attached hydrogens (tertiary/aromatic N) is 2. The Morgan fingerprint density at radius 3 is 2.39 bits per heavy atom. The minimum atomic E-state index is -3.50. The van der Waals surface area contributed by atoms with Crippen LogP contribution in [-0.2, 0) is 32.6 Å². The first-order valence-electron chi connectivity index (χ1n) is 14.6. The number of rotatable bonds is 11. The van der Waals surface area contributed by atoms with Gasteiger partial charge in [-0.2, -0.15) is 0 Å². The van der Waals surface area contributed by atoms with Crippen LogP contribution in [0.2, 0.25) is 5.02 Å². The average molecular weight is 642 g/mol. The number of hydrogen-bond donors (Lipinski definition) is 3. The molecule has 3 aromatic carbocycles. The van der Waals surface area contributed by atoms with Gasteiger partial charge in [-0.25, -0.2) is 17.5 Å². The maximum Gasteiger partial charge on any atom is 0.245 e. The molecule has 0 saturated carbocycles. The molecule has 1 saturated heterocycles. The second-order valence-corrected chi connectivity index (χ2v) is 13.6. The van der Waals surface area contributed by atoms with Gasteiger partial charge in [0.2, 0.25) is 21.8 Å². The summed E-state index contributed by atoms with van der Waals surface area (Å²) in [6.45, 7) is 2.18. The summed E-state index contributed by atoms with van der Waals surface area (Å²) in [6.07, 6.45) is 1.57. The second-order valence-electron chi connectivity index (χ2n) is 11.3. The Morgan fingerprint density at radius 1 is 1.00 bits per heavy atom. The van der Waals surface area contributed by atoms with Crippen molar-refractivity contribution < 1.29 is 22.4 Å². The first-order valence-corrected chi connectivity index (χ1v) is 16.9. The molecule has 3 atom stereocenters. The van der Waals surface area contributed by atoms with Gasteiger partial charge in [0, 0.05) is 68.7 Å². The summed E-state index contributed by atoms with van der Waals surface area (Å²) in [5, 5.41) is 6.96. The fraction of sp³-hybridized carbons (Fsp3) is 0.375. The van der Waals surface area contributed by atoms with Crippen LogP contribution in [0.1, 0.15) is 40.8 Å². The molecule has 9 nitrogen and oxygen atoms in total. The van der Waals surface area contributed by atoms with Crippen LogP contribution in [0.4, 0.5) is 4.39 Å². The lowest BCUT2D eigenvalue weighted by molar-refractivity contribution is -0.138. The number of amides is 2. The molecule has 44 heavy (non-hydrogen) atoms. The molecule has 234 valence electrons. The van der Waals surface area contributed by atoms with E-state index in [1.165, 1.54) is 6.07 Å². The summed E-state index contributed by atoms with van der Waals surface area (Å²) >= 11 is 6.08. The van der Waals surface area contributed by atoms with Gasteiger partial charge in [0.05, 0.1) is 12.3 Å². The Kier molecular flexibility index (Phi) is 10.3. The summed E-state index contributed by atoms with van der Waals surface area (Å²) in [7, 11) is -3.50. The molecule has 0 aromatic heterocycles. The van der Waals surface area contributed by atoms with E-state index in [9.17, 15) is 22.4 Å². The van der Waals surface area contributed by atoms with Crippen molar-refractivity contribution >= 4 is 33.4 Å². The summed E-state index contributed by atoms with van der Waals surface area (Å²) in [6, 6.07) is 20.0. The number of nitrogens with one attached hydrogen (secondary N) is 3. The van der Waals surface area contributed by atoms with Crippen molar-refractivity contribution in [3.63, 3.8) is 0 Å². The van der Waals surface area contributed by atoms with Gasteiger partial charge in [0.25, 0.3) is 0 Å². The van der Waals surface area contributed by atoms with E-state index in [-0.39, 0.29) is 30.8 Å². The quantitative estimate of drug-likeness (QED) is 0.297. The van der Waals surface area contributed by atoms with Crippen LogP contribution in [0.5, 0.6) is 0 Å². The number of sulfonamides is 1. The lowest BCUT2D eigenvalue weighted by Crippen LogP contribution is -2.56. The van der Waals surface area contributed by atoms with Crippen LogP contribution < -0.4 is 15.4 Å². The number of benzene rings is 3. The molecule has 0 aliphatic carbocycles. The fourth-order valence-electron chi connectivity index (χ4n) is 5.94. The molecule has 0 spiro atoms. The van der Waals surface area contributed by atoms with Crippen LogP contribution in [0.3, 0.4) is 0 Å². The lowest BCUT2D eigenvalue weighted by atomic mass is 10.0. The van der Waals surface area contributed by atoms with Crippen LogP contribution in [-0.4, -0.2) is 75.1 Å². The number of halogens is 2. The summed E-state index contributed by atoms with van der Waals surface area (Å²) in [5.74, 6) is -0.850. The van der Waals surface area contributed by atoms with Gasteiger partial charge in [-0.1, -0.05) is 66.2 Å². The van der Waals surface area contributed by atoms with Crippen molar-refractivity contribution in [3.8, 4) is 0 Å². The lowest BCUT2D eigenvalue weighted by Gasteiger charge is -2.40. The van der Waals surface area contributed by atoms with Crippen molar-refractivity contribution in [3.05, 3.63) is 106 Å². The predicted molar refractivity (Wildman–Crippen MR) is 168 cm³/mol. The summed E-state index contributed by atoms with van der Waals surface area (Å²) < 4.78 is 41.0. The van der Waals surface area contributed by atoms with Crippen molar-refractivity contribution in [1.29, 1.82) is 0 Å². The summed E-state index contributed by atoms with van der Waals surface area (Å²) in [4.78, 5) is 30.9. The van der Waals surface area contributed by atoms with Crippen molar-refractivity contribution in [2.45, 2.75) is 37.5 Å². The summed E-state index contributed by atoms with van der Waals surface area (Å²) in [5.41, 5.74) is 3.51. The minimum Gasteiger partial charge on any atom is -0.344 e. The molecule has 1 fully saturated rings. The van der Waals surface area contributed by atoms with Crippen LogP contribution >= 0.6 is 11.6 Å².